The molecule has 25 heavy (non-hydrogen) atoms. The second-order valence-corrected chi connectivity index (χ2v) is 5.28. The third kappa shape index (κ3) is 4.00. The lowest BCUT2D eigenvalue weighted by Gasteiger charge is -2.10. The first-order chi connectivity index (χ1) is 12.2. The van der Waals surface area contributed by atoms with Crippen molar-refractivity contribution in [1.29, 1.82) is 0 Å². The fourth-order valence-electron chi connectivity index (χ4n) is 2.35. The maximum atomic E-state index is 13.1. The van der Waals surface area contributed by atoms with E-state index in [1.165, 1.54) is 12.1 Å². The van der Waals surface area contributed by atoms with E-state index in [9.17, 15) is 4.39 Å². The fourth-order valence-corrected chi connectivity index (χ4v) is 2.35. The molecule has 130 valence electrons. The van der Waals surface area contributed by atoms with Crippen LogP contribution in [0.5, 0.6) is 5.88 Å². The van der Waals surface area contributed by atoms with Crippen LogP contribution in [0.15, 0.2) is 36.4 Å². The molecule has 1 aromatic carbocycles. The molecule has 0 fully saturated rings. The number of aromatic nitrogens is 3. The first-order valence-corrected chi connectivity index (χ1v) is 8.01. The largest absolute Gasteiger partial charge is 0.476 e. The lowest BCUT2D eigenvalue weighted by atomic mass is 10.1. The molecule has 2 aromatic heterocycles. The Kier molecular flexibility index (Phi) is 5.35. The molecule has 0 amide bonds. The Labute approximate surface area is 145 Å². The van der Waals surface area contributed by atoms with Crippen molar-refractivity contribution in [3.63, 3.8) is 0 Å². The van der Waals surface area contributed by atoms with Gasteiger partial charge < -0.3 is 14.8 Å². The number of pyridine rings is 1. The van der Waals surface area contributed by atoms with Gasteiger partial charge in [0.1, 0.15) is 5.82 Å². The fraction of sp³-hybridized carbons (Fsp3) is 0.278. The molecule has 7 heteroatoms. The van der Waals surface area contributed by atoms with Crippen molar-refractivity contribution in [2.24, 2.45) is 0 Å². The smallest absolute Gasteiger partial charge is 0.245 e. The Hall–Kier alpha value is -2.80. The van der Waals surface area contributed by atoms with Crippen molar-refractivity contribution in [1.82, 2.24) is 15.0 Å². The first-order valence-electron chi connectivity index (χ1n) is 8.01. The number of benzene rings is 1. The van der Waals surface area contributed by atoms with E-state index in [0.717, 1.165) is 5.56 Å². The van der Waals surface area contributed by atoms with E-state index in [1.54, 1.807) is 19.2 Å². The molecule has 0 aliphatic carbocycles. The summed E-state index contributed by atoms with van der Waals surface area (Å²) in [4.78, 5) is 13.5. The van der Waals surface area contributed by atoms with E-state index in [-0.39, 0.29) is 5.82 Å². The Morgan fingerprint density at radius 2 is 1.84 bits per heavy atom. The van der Waals surface area contributed by atoms with Gasteiger partial charge in [-0.3, -0.25) is 0 Å². The maximum Gasteiger partial charge on any atom is 0.245 e. The lowest BCUT2D eigenvalue weighted by Crippen LogP contribution is -2.11. The van der Waals surface area contributed by atoms with Crippen LogP contribution in [0, 0.1) is 5.82 Å². The average Bonchev–Trinajstić information content (AvgIpc) is 2.63. The Bertz CT molecular complexity index is 856. The summed E-state index contributed by atoms with van der Waals surface area (Å²) < 4.78 is 23.8. The molecule has 0 aliphatic heterocycles. The summed E-state index contributed by atoms with van der Waals surface area (Å²) in [6, 6.07) is 9.88. The number of nitrogens with zero attached hydrogens (tertiary/aromatic N) is 3. The maximum absolute atomic E-state index is 13.1. The Morgan fingerprint density at radius 3 is 2.56 bits per heavy atom. The van der Waals surface area contributed by atoms with E-state index in [2.05, 4.69) is 20.3 Å². The van der Waals surface area contributed by atoms with Gasteiger partial charge in [-0.15, -0.1) is 0 Å². The molecule has 0 saturated heterocycles. The summed E-state index contributed by atoms with van der Waals surface area (Å²) in [6.07, 6.45) is 0. The molecule has 0 unspecified atom stereocenters. The summed E-state index contributed by atoms with van der Waals surface area (Å²) in [7, 11) is 1.63. The van der Waals surface area contributed by atoms with Crippen LogP contribution < -0.4 is 10.1 Å². The summed E-state index contributed by atoms with van der Waals surface area (Å²) in [6.45, 7) is 3.49. The summed E-state index contributed by atoms with van der Waals surface area (Å²) in [5.74, 6) is 0.593. The highest BCUT2D eigenvalue weighted by Crippen LogP contribution is 2.26. The molecule has 0 saturated carbocycles. The highest BCUT2D eigenvalue weighted by Gasteiger charge is 2.12. The van der Waals surface area contributed by atoms with Crippen LogP contribution >= 0.6 is 0 Å². The van der Waals surface area contributed by atoms with Crippen LogP contribution in [0.3, 0.4) is 0 Å². The predicted molar refractivity (Wildman–Crippen MR) is 94.3 cm³/mol. The SMILES string of the molecule is CCOc1nc(NCCOC)nc2ccc(-c3ccc(F)cc3)nc12. The number of halogens is 1. The van der Waals surface area contributed by atoms with Crippen LogP contribution in [-0.2, 0) is 4.74 Å². The van der Waals surface area contributed by atoms with Gasteiger partial charge in [-0.1, -0.05) is 0 Å². The van der Waals surface area contributed by atoms with E-state index in [1.807, 2.05) is 19.1 Å². The number of nitrogens with one attached hydrogen (secondary N) is 1. The monoisotopic (exact) mass is 342 g/mol. The molecule has 6 nitrogen and oxygen atoms in total. The quantitative estimate of drug-likeness (QED) is 0.665. The van der Waals surface area contributed by atoms with Gasteiger partial charge in [-0.2, -0.15) is 4.98 Å². The van der Waals surface area contributed by atoms with Crippen molar-refractivity contribution in [3.8, 4) is 17.1 Å². The summed E-state index contributed by atoms with van der Waals surface area (Å²) in [5, 5.41) is 3.09. The van der Waals surface area contributed by atoms with Crippen molar-refractivity contribution in [3.05, 3.63) is 42.2 Å². The molecule has 0 bridgehead atoms. The minimum absolute atomic E-state index is 0.283. The topological polar surface area (TPSA) is 69.2 Å². The van der Waals surface area contributed by atoms with E-state index >= 15 is 0 Å². The van der Waals surface area contributed by atoms with E-state index < -0.39 is 0 Å². The third-order valence-electron chi connectivity index (χ3n) is 3.52. The van der Waals surface area contributed by atoms with Crippen LogP contribution in [0.2, 0.25) is 0 Å². The number of hydrogen-bond donors (Lipinski definition) is 1. The van der Waals surface area contributed by atoms with Crippen molar-refractivity contribution in [2.75, 3.05) is 32.2 Å². The molecule has 0 spiro atoms. The number of methoxy groups -OCH3 is 1. The van der Waals surface area contributed by atoms with Crippen LogP contribution in [0.25, 0.3) is 22.3 Å². The molecular formula is C18H19FN4O2. The van der Waals surface area contributed by atoms with Gasteiger partial charge in [0.25, 0.3) is 0 Å². The zero-order chi connectivity index (χ0) is 17.6. The normalized spacial score (nSPS) is 10.8. The third-order valence-corrected chi connectivity index (χ3v) is 3.52. The van der Waals surface area contributed by atoms with Gasteiger partial charge in [0.15, 0.2) is 5.52 Å². The molecule has 3 rings (SSSR count). The second-order valence-electron chi connectivity index (χ2n) is 5.28. The van der Waals surface area contributed by atoms with Gasteiger partial charge in [-0.05, 0) is 43.3 Å². The van der Waals surface area contributed by atoms with Gasteiger partial charge >= 0.3 is 0 Å². The molecular weight excluding hydrogens is 323 g/mol. The predicted octanol–water partition coefficient (Wildman–Crippen LogP) is 3.29. The summed E-state index contributed by atoms with van der Waals surface area (Å²) >= 11 is 0. The van der Waals surface area contributed by atoms with Gasteiger partial charge in [0.2, 0.25) is 11.8 Å². The number of rotatable bonds is 7. The summed E-state index contributed by atoms with van der Waals surface area (Å²) in [5.41, 5.74) is 2.76. The molecule has 0 atom stereocenters. The lowest BCUT2D eigenvalue weighted by molar-refractivity contribution is 0.210. The Balaban J connectivity index is 2.00. The number of ether oxygens (including phenoxy) is 2. The van der Waals surface area contributed by atoms with E-state index in [0.29, 0.717) is 48.3 Å². The number of fused-ring (bicyclic) bond motifs is 1. The highest BCUT2D eigenvalue weighted by atomic mass is 19.1. The molecule has 0 aliphatic rings. The van der Waals surface area contributed by atoms with Crippen LogP contribution in [0.1, 0.15) is 6.92 Å². The average molecular weight is 342 g/mol. The zero-order valence-corrected chi connectivity index (χ0v) is 14.1. The highest BCUT2D eigenvalue weighted by molar-refractivity contribution is 5.83. The minimum Gasteiger partial charge on any atom is -0.476 e. The van der Waals surface area contributed by atoms with Gasteiger partial charge in [-0.25, -0.2) is 14.4 Å². The van der Waals surface area contributed by atoms with Crippen LogP contribution in [0.4, 0.5) is 10.3 Å². The van der Waals surface area contributed by atoms with Crippen molar-refractivity contribution < 1.29 is 13.9 Å². The van der Waals surface area contributed by atoms with Gasteiger partial charge in [0, 0.05) is 19.2 Å². The zero-order valence-electron chi connectivity index (χ0n) is 14.1. The second kappa shape index (κ2) is 7.85. The molecule has 0 radical (unpaired) electrons. The molecule has 1 N–H and O–H groups in total. The standard InChI is InChI=1S/C18H19FN4O2/c1-3-25-17-16-15(22-18(23-17)20-10-11-24-2)9-8-14(21-16)12-4-6-13(19)7-5-12/h4-9H,3,10-11H2,1-2H3,(H,20,22,23). The number of anilines is 1. The molecule has 2 heterocycles. The van der Waals surface area contributed by atoms with Crippen molar-refractivity contribution >= 4 is 17.0 Å². The number of hydrogen-bond acceptors (Lipinski definition) is 6. The van der Waals surface area contributed by atoms with Crippen LogP contribution in [-0.4, -0.2) is 41.8 Å². The Morgan fingerprint density at radius 1 is 1.04 bits per heavy atom. The first kappa shape index (κ1) is 17.0. The van der Waals surface area contributed by atoms with E-state index in [4.69, 9.17) is 9.47 Å². The van der Waals surface area contributed by atoms with Crippen molar-refractivity contribution in [2.45, 2.75) is 6.92 Å². The molecule has 3 aromatic rings. The minimum atomic E-state index is -0.283. The van der Waals surface area contributed by atoms with Gasteiger partial charge in [0.05, 0.1) is 24.4 Å².